The van der Waals surface area contributed by atoms with E-state index in [-0.39, 0.29) is 61.2 Å². The smallest absolute Gasteiger partial charge is 0.339 e. The highest BCUT2D eigenvalue weighted by Gasteiger charge is 2.39. The van der Waals surface area contributed by atoms with Gasteiger partial charge >= 0.3 is 30.4 Å². The molecule has 0 fully saturated rings. The van der Waals surface area contributed by atoms with Crippen molar-refractivity contribution in [2.45, 2.75) is 85.4 Å². The summed E-state index contributed by atoms with van der Waals surface area (Å²) in [4.78, 5) is 14.2. The summed E-state index contributed by atoms with van der Waals surface area (Å²) in [6, 6.07) is 43.1. The summed E-state index contributed by atoms with van der Waals surface area (Å²) in [6.07, 6.45) is 5.30. The van der Waals surface area contributed by atoms with E-state index in [9.17, 15) is 30.0 Å². The van der Waals surface area contributed by atoms with Crippen molar-refractivity contribution >= 4 is 50.5 Å². The van der Waals surface area contributed by atoms with E-state index in [0.717, 1.165) is 11.1 Å². The molecular formula is C51H54O11S3Si. The zero-order valence-corrected chi connectivity index (χ0v) is 40.9. The van der Waals surface area contributed by atoms with Crippen molar-refractivity contribution in [3.8, 4) is 17.2 Å². The summed E-state index contributed by atoms with van der Waals surface area (Å²) >= 11 is 0. The number of Topliss-reactive ketones (excluding diaryl/α,β-unsaturated/α-hetero) is 1. The second-order valence-corrected chi connectivity index (χ2v) is 26.7. The molecule has 15 heteroatoms. The highest BCUT2D eigenvalue weighted by Crippen LogP contribution is 2.39. The Kier molecular flexibility index (Phi) is 15.9. The average molecular weight is 967 g/mol. The van der Waals surface area contributed by atoms with Gasteiger partial charge in [-0.15, -0.1) is 0 Å². The van der Waals surface area contributed by atoms with Crippen molar-refractivity contribution in [3.63, 3.8) is 0 Å². The molecule has 2 atom stereocenters. The van der Waals surface area contributed by atoms with Crippen LogP contribution in [0.5, 0.6) is 17.2 Å². The van der Waals surface area contributed by atoms with Crippen molar-refractivity contribution in [1.29, 1.82) is 0 Å². The molecule has 11 nitrogen and oxygen atoms in total. The predicted octanol–water partition coefficient (Wildman–Crippen LogP) is 11.3. The third kappa shape index (κ3) is 13.8. The minimum atomic E-state index is -4.08. The van der Waals surface area contributed by atoms with Gasteiger partial charge in [-0.25, -0.2) is 0 Å². The lowest BCUT2D eigenvalue weighted by molar-refractivity contribution is 0.0946. The molecule has 0 heterocycles. The number of aryl methyl sites for hydroxylation is 1. The van der Waals surface area contributed by atoms with Crippen LogP contribution in [-0.2, 0) is 41.2 Å². The molecule has 0 aliphatic heterocycles. The van der Waals surface area contributed by atoms with Gasteiger partial charge in [0.1, 0.15) is 31.9 Å². The van der Waals surface area contributed by atoms with E-state index >= 15 is 0 Å². The lowest BCUT2D eigenvalue weighted by Gasteiger charge is -2.40. The number of hydrogen-bond acceptors (Lipinski definition) is 11. The van der Waals surface area contributed by atoms with Crippen LogP contribution >= 0.6 is 0 Å². The summed E-state index contributed by atoms with van der Waals surface area (Å²) in [7, 11) is -14.5. The van der Waals surface area contributed by atoms with E-state index in [0.29, 0.717) is 24.8 Å². The first-order valence-corrected chi connectivity index (χ1v) is 28.5. The van der Waals surface area contributed by atoms with Crippen molar-refractivity contribution < 1.29 is 47.0 Å². The Balaban J connectivity index is 1.23. The molecule has 346 valence electrons. The molecule has 0 amide bonds. The fourth-order valence-corrected chi connectivity index (χ4v) is 10.9. The maximum atomic E-state index is 14.1. The SMILES string of the molecule is CC(C)(C)[Si](C)(C)O[C@@H](CCc1ccc(OS(=O)(=O)c2ccccc2)cc1)CC(/C=C/c1ccc(OS(=O)(=O)c2ccccc2)cc1)CC(=O)c1ccc(OS(=O)(=O)c2ccccc2)cc1. The van der Waals surface area contributed by atoms with E-state index in [2.05, 4.69) is 33.9 Å². The first kappa shape index (κ1) is 49.6. The van der Waals surface area contributed by atoms with Gasteiger partial charge in [-0.1, -0.05) is 112 Å². The van der Waals surface area contributed by atoms with Crippen LogP contribution in [0, 0.1) is 5.92 Å². The summed E-state index contributed by atoms with van der Waals surface area (Å²) in [5, 5.41) is -0.120. The molecule has 0 saturated heterocycles. The lowest BCUT2D eigenvalue weighted by atomic mass is 9.90. The Bertz CT molecular complexity index is 2900. The number of carbonyl (C=O) groups excluding carboxylic acids is 1. The number of rotatable bonds is 21. The van der Waals surface area contributed by atoms with Gasteiger partial charge < -0.3 is 17.0 Å². The van der Waals surface area contributed by atoms with E-state index in [1.165, 1.54) is 48.5 Å². The second-order valence-electron chi connectivity index (χ2n) is 17.3. The Morgan fingerprint density at radius 2 is 0.955 bits per heavy atom. The van der Waals surface area contributed by atoms with E-state index in [1.807, 2.05) is 24.3 Å². The third-order valence-corrected chi connectivity index (χ3v) is 19.6. The molecule has 0 saturated carbocycles. The van der Waals surface area contributed by atoms with Crippen LogP contribution in [0.3, 0.4) is 0 Å². The first-order chi connectivity index (χ1) is 31.2. The topological polar surface area (TPSA) is 156 Å². The summed E-state index contributed by atoms with van der Waals surface area (Å²) in [5.74, 6) is -0.114. The highest BCUT2D eigenvalue weighted by atomic mass is 32.2. The standard InChI is InChI=1S/C51H54O11S3Si/c1-51(2,3)66(4,5)62-46(34-27-40-25-32-44(33-26-40)60-64(55,56)48-17-11-7-12-18-48)37-41(22-21-39-23-30-43(31-24-39)59-63(53,54)47-15-9-6-10-16-47)38-50(52)42-28-35-45(36-29-42)61-65(57,58)49-19-13-8-14-20-49/h6-26,28-33,35-36,41,46H,27,34,37-38H2,1-5H3/b22-21+/t41?,46-/m0/s1. The summed E-state index contributed by atoms with van der Waals surface area (Å²) < 4.78 is 100. The van der Waals surface area contributed by atoms with E-state index in [1.54, 1.807) is 103 Å². The van der Waals surface area contributed by atoms with Crippen molar-refractivity contribution in [3.05, 3.63) is 187 Å². The molecule has 1 unspecified atom stereocenters. The molecule has 6 aromatic rings. The maximum absolute atomic E-state index is 14.1. The monoisotopic (exact) mass is 966 g/mol. The van der Waals surface area contributed by atoms with Gasteiger partial charge in [-0.2, -0.15) is 25.3 Å². The van der Waals surface area contributed by atoms with Gasteiger partial charge in [0, 0.05) is 18.1 Å². The molecule has 0 aromatic heterocycles. The molecule has 0 N–H and O–H groups in total. The fourth-order valence-electron chi connectivity index (χ4n) is 6.65. The van der Waals surface area contributed by atoms with Gasteiger partial charge in [0.2, 0.25) is 0 Å². The molecular weight excluding hydrogens is 913 g/mol. The Hall–Kier alpha value is -5.84. The van der Waals surface area contributed by atoms with Crippen molar-refractivity contribution in [1.82, 2.24) is 0 Å². The Morgan fingerprint density at radius 1 is 0.561 bits per heavy atom. The van der Waals surface area contributed by atoms with Crippen molar-refractivity contribution in [2.75, 3.05) is 0 Å². The average Bonchev–Trinajstić information content (AvgIpc) is 3.28. The van der Waals surface area contributed by atoms with Crippen LogP contribution in [0.1, 0.15) is 61.5 Å². The van der Waals surface area contributed by atoms with Crippen LogP contribution in [0.25, 0.3) is 6.08 Å². The molecule has 0 aliphatic rings. The third-order valence-electron chi connectivity index (χ3n) is 11.3. The molecule has 6 rings (SSSR count). The Morgan fingerprint density at radius 3 is 1.36 bits per heavy atom. The van der Waals surface area contributed by atoms with Gasteiger partial charge in [-0.3, -0.25) is 4.79 Å². The fraction of sp³-hybridized carbons (Fsp3) is 0.235. The lowest BCUT2D eigenvalue weighted by Crippen LogP contribution is -2.44. The van der Waals surface area contributed by atoms with Gasteiger partial charge in [-0.05, 0) is 139 Å². The number of hydrogen-bond donors (Lipinski definition) is 0. The maximum Gasteiger partial charge on any atom is 0.339 e. The van der Waals surface area contributed by atoms with Gasteiger partial charge in [0.05, 0.1) is 0 Å². The molecule has 0 radical (unpaired) electrons. The van der Waals surface area contributed by atoms with Crippen LogP contribution in [0.15, 0.2) is 185 Å². The van der Waals surface area contributed by atoms with Crippen LogP contribution in [-0.4, -0.2) is 45.5 Å². The van der Waals surface area contributed by atoms with Gasteiger partial charge in [0.25, 0.3) is 0 Å². The summed E-state index contributed by atoms with van der Waals surface area (Å²) in [5.41, 5.74) is 2.06. The number of benzene rings is 6. The zero-order valence-electron chi connectivity index (χ0n) is 37.4. The van der Waals surface area contributed by atoms with Crippen LogP contribution in [0.2, 0.25) is 18.1 Å². The molecule has 6 aromatic carbocycles. The van der Waals surface area contributed by atoms with Crippen LogP contribution in [0.4, 0.5) is 0 Å². The molecule has 66 heavy (non-hydrogen) atoms. The molecule has 0 bridgehead atoms. The van der Waals surface area contributed by atoms with E-state index in [4.69, 9.17) is 17.0 Å². The predicted molar refractivity (Wildman–Crippen MR) is 259 cm³/mol. The molecule has 0 aliphatic carbocycles. The number of ketones is 1. The summed E-state index contributed by atoms with van der Waals surface area (Å²) in [6.45, 7) is 10.8. The number of carbonyl (C=O) groups is 1. The minimum absolute atomic E-state index is 0.00829. The van der Waals surface area contributed by atoms with Crippen molar-refractivity contribution in [2.24, 2.45) is 5.92 Å². The minimum Gasteiger partial charge on any atom is -0.414 e. The Labute approximate surface area is 390 Å². The largest absolute Gasteiger partial charge is 0.414 e. The zero-order chi connectivity index (χ0) is 47.6. The highest BCUT2D eigenvalue weighted by molar-refractivity contribution is 7.87. The van der Waals surface area contributed by atoms with Gasteiger partial charge in [0.15, 0.2) is 14.1 Å². The van der Waals surface area contributed by atoms with E-state index < -0.39 is 38.7 Å². The molecule has 0 spiro atoms. The second kappa shape index (κ2) is 21.2. The quantitative estimate of drug-likeness (QED) is 0.0384. The van der Waals surface area contributed by atoms with Crippen LogP contribution < -0.4 is 12.5 Å². The number of allylic oxidation sites excluding steroid dienone is 1. The first-order valence-electron chi connectivity index (χ1n) is 21.4. The normalized spacial score (nSPS) is 13.5.